The molecule has 4 aliphatic rings. The van der Waals surface area contributed by atoms with Gasteiger partial charge in [0.25, 0.3) is 0 Å². The van der Waals surface area contributed by atoms with Crippen LogP contribution in [-0.2, 0) is 4.84 Å². The number of hydrogen-bond donors (Lipinski definition) is 4. The van der Waals surface area contributed by atoms with Crippen molar-refractivity contribution in [3.8, 4) is 0 Å². The van der Waals surface area contributed by atoms with Crippen LogP contribution in [0.25, 0.3) is 0 Å². The lowest BCUT2D eigenvalue weighted by Gasteiger charge is -2.63. The van der Waals surface area contributed by atoms with Crippen LogP contribution in [-0.4, -0.2) is 41.6 Å². The van der Waals surface area contributed by atoms with E-state index in [0.29, 0.717) is 35.7 Å². The van der Waals surface area contributed by atoms with Gasteiger partial charge < -0.3 is 20.8 Å². The molecule has 4 rings (SSSR count). The van der Waals surface area contributed by atoms with Crippen molar-refractivity contribution >= 4 is 0 Å². The summed E-state index contributed by atoms with van der Waals surface area (Å²) in [5.74, 6) is 2.15. The highest BCUT2D eigenvalue weighted by molar-refractivity contribution is 5.16. The van der Waals surface area contributed by atoms with Crippen molar-refractivity contribution in [1.82, 2.24) is 5.48 Å². The first-order valence-corrected chi connectivity index (χ1v) is 12.3. The van der Waals surface area contributed by atoms with Crippen LogP contribution in [0.1, 0.15) is 84.5 Å². The molecule has 0 heterocycles. The van der Waals surface area contributed by atoms with Crippen molar-refractivity contribution < 1.29 is 15.1 Å². The molecule has 4 fully saturated rings. The molecule has 0 aromatic rings. The Morgan fingerprint density at radius 2 is 1.83 bits per heavy atom. The van der Waals surface area contributed by atoms with Crippen molar-refractivity contribution in [2.45, 2.75) is 96.2 Å². The number of aliphatic hydroxyl groups excluding tert-OH is 1. The number of rotatable bonds is 7. The molecule has 3 unspecified atom stereocenters. The standard InChI is InChI=1S/C24H44N2O3/c1-22-10-8-19(27)15-17(22)5-6-21-20(22)9-11-23(2)18(7-12-24(21,23)28)16-26-29-14-4-3-13-25/h17-21,26-28H,3-16,25H2,1-2H3/t17?,18?,19?,20-,21-,22+,23-,24-/m1/s1. The van der Waals surface area contributed by atoms with E-state index in [4.69, 9.17) is 10.6 Å². The second-order valence-corrected chi connectivity index (χ2v) is 11.2. The fraction of sp³-hybridized carbons (Fsp3) is 1.00. The molecule has 0 saturated heterocycles. The third-order valence-electron chi connectivity index (χ3n) is 10.1. The Hall–Kier alpha value is -0.200. The van der Waals surface area contributed by atoms with Crippen LogP contribution in [0.3, 0.4) is 0 Å². The van der Waals surface area contributed by atoms with Gasteiger partial charge in [-0.05, 0) is 106 Å². The van der Waals surface area contributed by atoms with Gasteiger partial charge in [0.1, 0.15) is 0 Å². The number of fused-ring (bicyclic) bond motifs is 5. The molecule has 168 valence electrons. The fourth-order valence-corrected chi connectivity index (χ4v) is 8.19. The summed E-state index contributed by atoms with van der Waals surface area (Å²) in [6.07, 6.45) is 11.7. The molecule has 5 nitrogen and oxygen atoms in total. The summed E-state index contributed by atoms with van der Waals surface area (Å²) < 4.78 is 0. The number of hydrogen-bond acceptors (Lipinski definition) is 5. The first-order valence-electron chi connectivity index (χ1n) is 12.3. The van der Waals surface area contributed by atoms with E-state index in [-0.39, 0.29) is 11.5 Å². The summed E-state index contributed by atoms with van der Waals surface area (Å²) in [6.45, 7) is 7.11. The van der Waals surface area contributed by atoms with E-state index < -0.39 is 5.60 Å². The molecular formula is C24H44N2O3. The van der Waals surface area contributed by atoms with E-state index in [0.717, 1.165) is 70.9 Å². The zero-order valence-corrected chi connectivity index (χ0v) is 18.7. The second-order valence-electron chi connectivity index (χ2n) is 11.2. The molecule has 0 spiro atoms. The van der Waals surface area contributed by atoms with E-state index in [1.54, 1.807) is 0 Å². The van der Waals surface area contributed by atoms with Gasteiger partial charge in [-0.25, -0.2) is 5.48 Å². The van der Waals surface area contributed by atoms with Crippen molar-refractivity contribution in [3.63, 3.8) is 0 Å². The highest BCUT2D eigenvalue weighted by Crippen LogP contribution is 2.68. The minimum Gasteiger partial charge on any atom is -0.393 e. The van der Waals surface area contributed by atoms with Gasteiger partial charge in [0.05, 0.1) is 18.3 Å². The van der Waals surface area contributed by atoms with Crippen molar-refractivity contribution in [3.05, 3.63) is 0 Å². The van der Waals surface area contributed by atoms with Gasteiger partial charge in [0.15, 0.2) is 0 Å². The van der Waals surface area contributed by atoms with Crippen molar-refractivity contribution in [2.75, 3.05) is 19.7 Å². The summed E-state index contributed by atoms with van der Waals surface area (Å²) >= 11 is 0. The van der Waals surface area contributed by atoms with Crippen LogP contribution in [0.4, 0.5) is 0 Å². The molecule has 0 bridgehead atoms. The van der Waals surface area contributed by atoms with E-state index >= 15 is 0 Å². The monoisotopic (exact) mass is 408 g/mol. The van der Waals surface area contributed by atoms with E-state index in [1.165, 1.54) is 12.8 Å². The molecule has 29 heavy (non-hydrogen) atoms. The molecule has 0 aromatic carbocycles. The average molecular weight is 409 g/mol. The van der Waals surface area contributed by atoms with Crippen LogP contribution in [0.15, 0.2) is 0 Å². The Labute approximate surface area is 177 Å². The van der Waals surface area contributed by atoms with Crippen molar-refractivity contribution in [2.24, 2.45) is 40.2 Å². The van der Waals surface area contributed by atoms with Gasteiger partial charge in [-0.1, -0.05) is 13.8 Å². The smallest absolute Gasteiger partial charge is 0.0735 e. The lowest BCUT2D eigenvalue weighted by Crippen LogP contribution is -2.62. The fourth-order valence-electron chi connectivity index (χ4n) is 8.19. The number of aliphatic hydroxyl groups is 2. The number of hydroxylamine groups is 1. The minimum absolute atomic E-state index is 0.0147. The van der Waals surface area contributed by atoms with Crippen LogP contribution >= 0.6 is 0 Å². The third-order valence-corrected chi connectivity index (χ3v) is 10.1. The molecule has 8 atom stereocenters. The second kappa shape index (κ2) is 8.38. The Balaban J connectivity index is 1.43. The normalized spacial score (nSPS) is 49.3. The number of unbranched alkanes of at least 4 members (excludes halogenated alkanes) is 1. The Morgan fingerprint density at radius 3 is 2.62 bits per heavy atom. The third kappa shape index (κ3) is 3.59. The average Bonchev–Trinajstić information content (AvgIpc) is 2.96. The lowest BCUT2D eigenvalue weighted by atomic mass is 9.43. The highest BCUT2D eigenvalue weighted by Gasteiger charge is 2.66. The maximum absolute atomic E-state index is 12.1. The predicted molar refractivity (Wildman–Crippen MR) is 115 cm³/mol. The molecule has 5 heteroatoms. The largest absolute Gasteiger partial charge is 0.393 e. The zero-order valence-electron chi connectivity index (χ0n) is 18.7. The Morgan fingerprint density at radius 1 is 1.00 bits per heavy atom. The quantitative estimate of drug-likeness (QED) is 0.383. The van der Waals surface area contributed by atoms with Crippen molar-refractivity contribution in [1.29, 1.82) is 0 Å². The topological polar surface area (TPSA) is 87.7 Å². The predicted octanol–water partition coefficient (Wildman–Crippen LogP) is 3.38. The molecule has 4 saturated carbocycles. The van der Waals surface area contributed by atoms with Gasteiger partial charge in [-0.15, -0.1) is 0 Å². The minimum atomic E-state index is -0.536. The first kappa shape index (κ1) is 22.0. The maximum Gasteiger partial charge on any atom is 0.0735 e. The molecule has 0 aromatic heterocycles. The SMILES string of the molecule is C[C@]12CCC(O)CC1CC[C@@H]1[C@H]2CC[C@]2(C)C(CNOCCCCN)CC[C@@]12O. The molecule has 0 radical (unpaired) electrons. The first-order chi connectivity index (χ1) is 13.8. The molecular weight excluding hydrogens is 364 g/mol. The van der Waals surface area contributed by atoms with E-state index in [2.05, 4.69) is 19.3 Å². The van der Waals surface area contributed by atoms with Crippen LogP contribution < -0.4 is 11.2 Å². The Bertz CT molecular complexity index is 574. The highest BCUT2D eigenvalue weighted by atomic mass is 16.6. The van der Waals surface area contributed by atoms with Crippen LogP contribution in [0.2, 0.25) is 0 Å². The summed E-state index contributed by atoms with van der Waals surface area (Å²) in [6, 6.07) is 0. The molecule has 0 aliphatic heterocycles. The van der Waals surface area contributed by atoms with Gasteiger partial charge >= 0.3 is 0 Å². The van der Waals surface area contributed by atoms with Gasteiger partial charge in [0.2, 0.25) is 0 Å². The van der Waals surface area contributed by atoms with Gasteiger partial charge in [0, 0.05) is 12.0 Å². The van der Waals surface area contributed by atoms with Crippen LogP contribution in [0, 0.1) is 34.5 Å². The number of nitrogens with one attached hydrogen (secondary N) is 1. The summed E-state index contributed by atoms with van der Waals surface area (Å²) in [7, 11) is 0. The summed E-state index contributed by atoms with van der Waals surface area (Å²) in [4.78, 5) is 5.65. The number of nitrogens with two attached hydrogens (primary N) is 1. The summed E-state index contributed by atoms with van der Waals surface area (Å²) in [5, 5.41) is 22.3. The summed E-state index contributed by atoms with van der Waals surface area (Å²) in [5.41, 5.74) is 8.51. The molecule has 5 N–H and O–H groups in total. The van der Waals surface area contributed by atoms with Gasteiger partial charge in [-0.3, -0.25) is 0 Å². The van der Waals surface area contributed by atoms with E-state index in [9.17, 15) is 10.2 Å². The molecule has 4 aliphatic carbocycles. The lowest BCUT2D eigenvalue weighted by molar-refractivity contribution is -0.211. The Kier molecular flexibility index (Phi) is 6.36. The van der Waals surface area contributed by atoms with Gasteiger partial charge in [-0.2, -0.15) is 0 Å². The zero-order chi connectivity index (χ0) is 20.7. The maximum atomic E-state index is 12.1. The molecule has 0 amide bonds. The van der Waals surface area contributed by atoms with E-state index in [1.807, 2.05) is 0 Å². The van der Waals surface area contributed by atoms with Crippen LogP contribution in [0.5, 0.6) is 0 Å².